The van der Waals surface area contributed by atoms with Gasteiger partial charge in [-0.3, -0.25) is 10.2 Å². The van der Waals surface area contributed by atoms with Crippen molar-refractivity contribution in [1.82, 2.24) is 24.5 Å². The van der Waals surface area contributed by atoms with Gasteiger partial charge in [-0.25, -0.2) is 9.97 Å². The zero-order valence-corrected chi connectivity index (χ0v) is 16.6. The van der Waals surface area contributed by atoms with Crippen LogP contribution in [0.25, 0.3) is 0 Å². The predicted molar refractivity (Wildman–Crippen MR) is 104 cm³/mol. The van der Waals surface area contributed by atoms with Gasteiger partial charge >= 0.3 is 5.91 Å². The van der Waals surface area contributed by atoms with Gasteiger partial charge in [0.1, 0.15) is 6.34 Å². The number of carbonyl (C=O) groups excluding carboxylic acids is 1. The number of halogens is 1. The van der Waals surface area contributed by atoms with Crippen LogP contribution in [0.5, 0.6) is 0 Å². The number of amides is 1. The van der Waals surface area contributed by atoms with Crippen molar-refractivity contribution in [3.8, 4) is 0 Å². The summed E-state index contributed by atoms with van der Waals surface area (Å²) in [6, 6.07) is 0.249. The minimum Gasteiger partial charge on any atom is -0.382 e. The number of hydrogen-bond acceptors (Lipinski definition) is 7. The highest BCUT2D eigenvalue weighted by molar-refractivity contribution is 7.87. The van der Waals surface area contributed by atoms with Gasteiger partial charge in [-0.15, -0.1) is 4.83 Å². The van der Waals surface area contributed by atoms with Crippen molar-refractivity contribution in [2.45, 2.75) is 38.1 Å². The van der Waals surface area contributed by atoms with Crippen LogP contribution >= 0.6 is 11.6 Å². The smallest absolute Gasteiger partial charge is 0.300 e. The monoisotopic (exact) mass is 418 g/mol. The number of anilines is 2. The maximum Gasteiger partial charge on any atom is 0.300 e. The largest absolute Gasteiger partial charge is 0.382 e. The molecule has 1 fully saturated rings. The van der Waals surface area contributed by atoms with Gasteiger partial charge in [0.2, 0.25) is 0 Å². The highest BCUT2D eigenvalue weighted by Crippen LogP contribution is 2.26. The fourth-order valence-corrected chi connectivity index (χ4v) is 3.03. The maximum atomic E-state index is 12.1. The number of rotatable bonds is 7. The van der Waals surface area contributed by atoms with E-state index >= 15 is 0 Å². The molecule has 1 aromatic rings. The first-order chi connectivity index (χ1) is 12.7. The average Bonchev–Trinajstić information content (AvgIpc) is 2.62. The third kappa shape index (κ3) is 5.99. The molecule has 1 amide bonds. The van der Waals surface area contributed by atoms with Crippen LogP contribution in [0.4, 0.5) is 11.6 Å². The van der Waals surface area contributed by atoms with Gasteiger partial charge < -0.3 is 11.1 Å². The SMILES string of the molecule is CN(C)S(=O)(=O)NNC=NC(=O)c1nc(Cl)c(NC2CCCCC2)nc1N. The van der Waals surface area contributed by atoms with Gasteiger partial charge in [0.25, 0.3) is 10.2 Å². The molecule has 5 N–H and O–H groups in total. The highest BCUT2D eigenvalue weighted by Gasteiger charge is 2.20. The van der Waals surface area contributed by atoms with E-state index in [-0.39, 0.29) is 22.7 Å². The van der Waals surface area contributed by atoms with Crippen molar-refractivity contribution in [2.75, 3.05) is 25.1 Å². The number of nitrogens with two attached hydrogens (primary N) is 1. The Morgan fingerprint density at radius 2 is 1.96 bits per heavy atom. The fourth-order valence-electron chi connectivity index (χ4n) is 2.46. The van der Waals surface area contributed by atoms with Crippen LogP contribution in [0.15, 0.2) is 4.99 Å². The minimum absolute atomic E-state index is 0.0228. The Bertz CT molecular complexity index is 809. The second-order valence-electron chi connectivity index (χ2n) is 6.17. The lowest BCUT2D eigenvalue weighted by Crippen LogP contribution is -2.43. The lowest BCUT2D eigenvalue weighted by molar-refractivity contribution is 0.0999. The summed E-state index contributed by atoms with van der Waals surface area (Å²) in [4.78, 5) is 25.7. The van der Waals surface area contributed by atoms with E-state index < -0.39 is 16.1 Å². The fraction of sp³-hybridized carbons (Fsp3) is 0.571. The molecular formula is C14H23ClN8O3S. The minimum atomic E-state index is -3.71. The van der Waals surface area contributed by atoms with Crippen LogP contribution in [0.3, 0.4) is 0 Å². The molecule has 1 aliphatic rings. The first-order valence-electron chi connectivity index (χ1n) is 8.32. The average molecular weight is 419 g/mol. The molecule has 13 heteroatoms. The van der Waals surface area contributed by atoms with E-state index in [1.165, 1.54) is 20.5 Å². The van der Waals surface area contributed by atoms with Crippen LogP contribution in [0.1, 0.15) is 42.6 Å². The number of aromatic nitrogens is 2. The van der Waals surface area contributed by atoms with Crippen LogP contribution in [-0.2, 0) is 10.2 Å². The topological polar surface area (TPSA) is 155 Å². The summed E-state index contributed by atoms with van der Waals surface area (Å²) in [6.07, 6.45) is 6.37. The van der Waals surface area contributed by atoms with Gasteiger partial charge in [-0.2, -0.15) is 17.7 Å². The quantitative estimate of drug-likeness (QED) is 0.284. The van der Waals surface area contributed by atoms with Crippen molar-refractivity contribution in [3.05, 3.63) is 10.8 Å². The molecule has 0 bridgehead atoms. The molecule has 1 aliphatic carbocycles. The number of hydrogen-bond donors (Lipinski definition) is 4. The van der Waals surface area contributed by atoms with E-state index in [0.717, 1.165) is 36.3 Å². The summed E-state index contributed by atoms with van der Waals surface area (Å²) in [5.74, 6) is -0.602. The number of aliphatic imine (C=N–C) groups is 1. The summed E-state index contributed by atoms with van der Waals surface area (Å²) >= 11 is 6.11. The van der Waals surface area contributed by atoms with E-state index in [1.807, 2.05) is 4.83 Å². The zero-order chi connectivity index (χ0) is 20.0. The maximum absolute atomic E-state index is 12.1. The first-order valence-corrected chi connectivity index (χ1v) is 10.1. The number of nitrogen functional groups attached to an aromatic ring is 1. The van der Waals surface area contributed by atoms with Crippen LogP contribution in [-0.4, -0.2) is 55.1 Å². The van der Waals surface area contributed by atoms with Gasteiger partial charge in [0, 0.05) is 20.1 Å². The second-order valence-corrected chi connectivity index (χ2v) is 8.42. The summed E-state index contributed by atoms with van der Waals surface area (Å²) in [6.45, 7) is 0. The van der Waals surface area contributed by atoms with Crippen molar-refractivity contribution in [2.24, 2.45) is 4.99 Å². The molecule has 0 aliphatic heterocycles. The van der Waals surface area contributed by atoms with Crippen LogP contribution in [0, 0.1) is 0 Å². The van der Waals surface area contributed by atoms with Crippen molar-refractivity contribution in [1.29, 1.82) is 0 Å². The Morgan fingerprint density at radius 1 is 1.30 bits per heavy atom. The number of nitrogens with zero attached hydrogens (tertiary/aromatic N) is 4. The molecule has 0 unspecified atom stereocenters. The van der Waals surface area contributed by atoms with Crippen molar-refractivity contribution >= 4 is 45.7 Å². The normalized spacial score (nSPS) is 16.0. The molecular weight excluding hydrogens is 396 g/mol. The van der Waals surface area contributed by atoms with Crippen molar-refractivity contribution < 1.29 is 13.2 Å². The molecule has 0 spiro atoms. The Kier molecular flexibility index (Phi) is 7.30. The molecule has 150 valence electrons. The van der Waals surface area contributed by atoms with Crippen LogP contribution < -0.4 is 21.3 Å². The molecule has 11 nitrogen and oxygen atoms in total. The van der Waals surface area contributed by atoms with Crippen molar-refractivity contribution in [3.63, 3.8) is 0 Å². The number of nitrogens with one attached hydrogen (secondary N) is 3. The molecule has 1 heterocycles. The standard InChI is InChI=1S/C14H23ClN8O3S/c1-23(2)27(25,26)22-18-8-17-14(24)10-12(16)21-13(11(15)20-10)19-9-6-4-3-5-7-9/h8-9,22H,3-7H2,1-2H3,(H3,16,19,21)(H,17,18,24). The third-order valence-corrected chi connectivity index (χ3v) is 5.54. The first kappa shape index (κ1) is 21.3. The van der Waals surface area contributed by atoms with E-state index in [9.17, 15) is 13.2 Å². The van der Waals surface area contributed by atoms with Gasteiger partial charge in [-0.1, -0.05) is 30.9 Å². The molecule has 27 heavy (non-hydrogen) atoms. The summed E-state index contributed by atoms with van der Waals surface area (Å²) in [7, 11) is -1.03. The highest BCUT2D eigenvalue weighted by atomic mass is 35.5. The summed E-state index contributed by atoms with van der Waals surface area (Å²) < 4.78 is 23.9. The molecule has 0 saturated heterocycles. The Morgan fingerprint density at radius 3 is 2.59 bits per heavy atom. The lowest BCUT2D eigenvalue weighted by Gasteiger charge is -2.23. The molecule has 2 rings (SSSR count). The molecule has 0 radical (unpaired) electrons. The third-order valence-electron chi connectivity index (χ3n) is 3.94. The van der Waals surface area contributed by atoms with E-state index in [1.54, 1.807) is 0 Å². The Balaban J connectivity index is 2.01. The molecule has 1 aromatic heterocycles. The second kappa shape index (κ2) is 9.26. The Labute approximate surface area is 162 Å². The van der Waals surface area contributed by atoms with Crippen LogP contribution in [0.2, 0.25) is 5.15 Å². The number of hydrazine groups is 1. The summed E-state index contributed by atoms with van der Waals surface area (Å²) in [5, 5.41) is 3.23. The molecule has 0 atom stereocenters. The van der Waals surface area contributed by atoms with E-state index in [4.69, 9.17) is 17.3 Å². The summed E-state index contributed by atoms with van der Waals surface area (Å²) in [5.41, 5.74) is 7.77. The van der Waals surface area contributed by atoms with Gasteiger partial charge in [0.15, 0.2) is 22.5 Å². The van der Waals surface area contributed by atoms with E-state index in [2.05, 4.69) is 25.7 Å². The predicted octanol–water partition coefficient (Wildman–Crippen LogP) is 0.526. The molecule has 0 aromatic carbocycles. The lowest BCUT2D eigenvalue weighted by atomic mass is 9.95. The Hall–Kier alpha value is -2.02. The molecule has 1 saturated carbocycles. The van der Waals surface area contributed by atoms with Gasteiger partial charge in [-0.05, 0) is 12.8 Å². The zero-order valence-electron chi connectivity index (χ0n) is 15.1. The van der Waals surface area contributed by atoms with E-state index in [0.29, 0.717) is 5.82 Å². The van der Waals surface area contributed by atoms with Gasteiger partial charge in [0.05, 0.1) is 0 Å². The number of carbonyl (C=O) groups is 1.